The van der Waals surface area contributed by atoms with Crippen LogP contribution in [-0.2, 0) is 6.42 Å². The van der Waals surface area contributed by atoms with E-state index in [9.17, 15) is 0 Å². The van der Waals surface area contributed by atoms with Crippen molar-refractivity contribution in [2.24, 2.45) is 0 Å². The third-order valence-corrected chi connectivity index (χ3v) is 6.11. The third kappa shape index (κ3) is 4.47. The van der Waals surface area contributed by atoms with Crippen molar-refractivity contribution in [2.45, 2.75) is 43.4 Å². The van der Waals surface area contributed by atoms with Crippen LogP contribution >= 0.6 is 34.7 Å². The molecule has 0 bridgehead atoms. The fourth-order valence-corrected chi connectivity index (χ4v) is 4.88. The Morgan fingerprint density at radius 1 is 1.47 bits per heavy atom. The van der Waals surface area contributed by atoms with Crippen LogP contribution in [0.15, 0.2) is 12.1 Å². The lowest BCUT2D eigenvalue weighted by Gasteiger charge is -2.17. The topological polar surface area (TPSA) is 12.0 Å². The molecule has 1 aromatic heterocycles. The summed E-state index contributed by atoms with van der Waals surface area (Å²) in [6.45, 7) is 0. The molecular formula is C13H20ClNS2. The van der Waals surface area contributed by atoms with Crippen molar-refractivity contribution in [3.05, 3.63) is 21.3 Å². The molecule has 1 aliphatic carbocycles. The summed E-state index contributed by atoms with van der Waals surface area (Å²) in [6.07, 6.45) is 6.82. The van der Waals surface area contributed by atoms with Crippen molar-refractivity contribution in [1.82, 2.24) is 5.32 Å². The van der Waals surface area contributed by atoms with E-state index in [1.807, 2.05) is 6.07 Å². The number of likely N-dealkylation sites (N-methyl/N-ethyl adjacent to an activating group) is 1. The van der Waals surface area contributed by atoms with E-state index in [2.05, 4.69) is 30.2 Å². The maximum Gasteiger partial charge on any atom is 0.0931 e. The first-order valence-electron chi connectivity index (χ1n) is 6.31. The largest absolute Gasteiger partial charge is 0.316 e. The van der Waals surface area contributed by atoms with Gasteiger partial charge in [0.1, 0.15) is 0 Å². The number of rotatable bonds is 6. The zero-order valence-electron chi connectivity index (χ0n) is 10.2. The molecule has 1 saturated carbocycles. The molecule has 1 N–H and O–H groups in total. The molecule has 4 heteroatoms. The Morgan fingerprint density at radius 3 is 2.82 bits per heavy atom. The highest BCUT2D eigenvalue weighted by Gasteiger charge is 2.17. The van der Waals surface area contributed by atoms with E-state index in [1.165, 1.54) is 36.3 Å². The molecule has 1 atom stereocenters. The number of hydrogen-bond donors (Lipinski definition) is 1. The highest BCUT2D eigenvalue weighted by molar-refractivity contribution is 7.99. The summed E-state index contributed by atoms with van der Waals surface area (Å²) in [6, 6.07) is 4.73. The van der Waals surface area contributed by atoms with Gasteiger partial charge in [-0.3, -0.25) is 0 Å². The third-order valence-electron chi connectivity index (χ3n) is 3.32. The second kappa shape index (κ2) is 7.03. The number of hydrogen-bond acceptors (Lipinski definition) is 3. The van der Waals surface area contributed by atoms with E-state index in [0.29, 0.717) is 6.04 Å². The van der Waals surface area contributed by atoms with Crippen molar-refractivity contribution >= 4 is 34.7 Å². The van der Waals surface area contributed by atoms with Crippen molar-refractivity contribution in [1.29, 1.82) is 0 Å². The van der Waals surface area contributed by atoms with E-state index in [1.54, 1.807) is 11.3 Å². The van der Waals surface area contributed by atoms with E-state index in [4.69, 9.17) is 11.6 Å². The second-order valence-corrected chi connectivity index (χ2v) is 7.77. The van der Waals surface area contributed by atoms with Gasteiger partial charge in [-0.05, 0) is 38.4 Å². The number of halogens is 1. The minimum Gasteiger partial charge on any atom is -0.316 e. The first kappa shape index (κ1) is 13.7. The van der Waals surface area contributed by atoms with Gasteiger partial charge in [0.05, 0.1) is 4.34 Å². The van der Waals surface area contributed by atoms with Crippen LogP contribution in [0.25, 0.3) is 0 Å². The zero-order valence-corrected chi connectivity index (χ0v) is 12.6. The minimum absolute atomic E-state index is 0.579. The van der Waals surface area contributed by atoms with Crippen molar-refractivity contribution in [3.8, 4) is 0 Å². The van der Waals surface area contributed by atoms with Gasteiger partial charge in [-0.25, -0.2) is 0 Å². The van der Waals surface area contributed by atoms with Crippen LogP contribution in [0.5, 0.6) is 0 Å². The molecule has 1 unspecified atom stereocenters. The van der Waals surface area contributed by atoms with E-state index >= 15 is 0 Å². The second-order valence-electron chi connectivity index (χ2n) is 4.64. The van der Waals surface area contributed by atoms with Gasteiger partial charge in [0.25, 0.3) is 0 Å². The van der Waals surface area contributed by atoms with Gasteiger partial charge >= 0.3 is 0 Å². The Hall–Kier alpha value is 0.300. The highest BCUT2D eigenvalue weighted by Crippen LogP contribution is 2.30. The summed E-state index contributed by atoms with van der Waals surface area (Å²) in [5, 5.41) is 4.34. The molecule has 96 valence electrons. The van der Waals surface area contributed by atoms with Gasteiger partial charge in [-0.15, -0.1) is 11.3 Å². The Kier molecular flexibility index (Phi) is 5.67. The van der Waals surface area contributed by atoms with Gasteiger partial charge < -0.3 is 5.32 Å². The molecule has 0 aliphatic heterocycles. The molecule has 1 aliphatic rings. The van der Waals surface area contributed by atoms with Gasteiger partial charge in [0.2, 0.25) is 0 Å². The van der Waals surface area contributed by atoms with Crippen LogP contribution in [0.2, 0.25) is 4.34 Å². The van der Waals surface area contributed by atoms with Crippen LogP contribution in [-0.4, -0.2) is 24.1 Å². The summed E-state index contributed by atoms with van der Waals surface area (Å²) in [5.41, 5.74) is 0. The van der Waals surface area contributed by atoms with Crippen molar-refractivity contribution in [2.75, 3.05) is 12.8 Å². The van der Waals surface area contributed by atoms with Crippen LogP contribution in [0.3, 0.4) is 0 Å². The number of thiophene rings is 1. The smallest absolute Gasteiger partial charge is 0.0931 e. The molecular weight excluding hydrogens is 270 g/mol. The molecule has 0 aromatic carbocycles. The molecule has 1 nitrogen and oxygen atoms in total. The zero-order chi connectivity index (χ0) is 12.1. The number of thioether (sulfide) groups is 1. The highest BCUT2D eigenvalue weighted by atomic mass is 35.5. The molecule has 0 amide bonds. The predicted octanol–water partition coefficient (Wildman–Crippen LogP) is 4.21. The fourth-order valence-electron chi connectivity index (χ4n) is 2.26. The van der Waals surface area contributed by atoms with Gasteiger partial charge in [0.15, 0.2) is 0 Å². The standard InChI is InChI=1S/C13H20ClNS2/c1-15-10(8-12-6-7-13(14)17-12)9-16-11-4-2-3-5-11/h6-7,10-11,15H,2-5,8-9H2,1H3. The normalized spacial score (nSPS) is 18.7. The average Bonchev–Trinajstić information content (AvgIpc) is 2.96. The quantitative estimate of drug-likeness (QED) is 0.842. The van der Waals surface area contributed by atoms with Crippen LogP contribution in [0.4, 0.5) is 0 Å². The maximum atomic E-state index is 5.96. The molecule has 1 fully saturated rings. The summed E-state index contributed by atoms with van der Waals surface area (Å²) >= 11 is 9.82. The van der Waals surface area contributed by atoms with Crippen LogP contribution < -0.4 is 5.32 Å². The van der Waals surface area contributed by atoms with Gasteiger partial charge in [-0.2, -0.15) is 11.8 Å². The molecule has 0 spiro atoms. The lowest BCUT2D eigenvalue weighted by Crippen LogP contribution is -2.30. The fraction of sp³-hybridized carbons (Fsp3) is 0.692. The van der Waals surface area contributed by atoms with Gasteiger partial charge in [-0.1, -0.05) is 24.4 Å². The monoisotopic (exact) mass is 289 g/mol. The Labute approximate surface area is 117 Å². The first-order chi connectivity index (χ1) is 8.28. The molecule has 0 radical (unpaired) electrons. The Morgan fingerprint density at radius 2 is 2.24 bits per heavy atom. The van der Waals surface area contributed by atoms with Crippen LogP contribution in [0.1, 0.15) is 30.6 Å². The Balaban J connectivity index is 1.75. The predicted molar refractivity (Wildman–Crippen MR) is 80.6 cm³/mol. The molecule has 1 aromatic rings. The summed E-state index contributed by atoms with van der Waals surface area (Å²) < 4.78 is 0.901. The van der Waals surface area contributed by atoms with E-state index in [0.717, 1.165) is 16.0 Å². The maximum absolute atomic E-state index is 5.96. The first-order valence-corrected chi connectivity index (χ1v) is 8.55. The van der Waals surface area contributed by atoms with Crippen molar-refractivity contribution < 1.29 is 0 Å². The van der Waals surface area contributed by atoms with Crippen LogP contribution in [0, 0.1) is 0 Å². The average molecular weight is 290 g/mol. The minimum atomic E-state index is 0.579. The number of nitrogens with one attached hydrogen (secondary N) is 1. The molecule has 2 rings (SSSR count). The molecule has 1 heterocycles. The lowest BCUT2D eigenvalue weighted by atomic mass is 10.2. The SMILES string of the molecule is CNC(CSC1CCCC1)Cc1ccc(Cl)s1. The van der Waals surface area contributed by atoms with E-state index < -0.39 is 0 Å². The Bertz CT molecular complexity index is 334. The van der Waals surface area contributed by atoms with Crippen molar-refractivity contribution in [3.63, 3.8) is 0 Å². The lowest BCUT2D eigenvalue weighted by molar-refractivity contribution is 0.620. The summed E-state index contributed by atoms with van der Waals surface area (Å²) in [7, 11) is 2.06. The molecule has 0 saturated heterocycles. The molecule has 17 heavy (non-hydrogen) atoms. The summed E-state index contributed by atoms with van der Waals surface area (Å²) in [5.74, 6) is 1.22. The van der Waals surface area contributed by atoms with E-state index in [-0.39, 0.29) is 0 Å². The summed E-state index contributed by atoms with van der Waals surface area (Å²) in [4.78, 5) is 1.39. The van der Waals surface area contributed by atoms with Gasteiger partial charge in [0, 0.05) is 21.9 Å².